The lowest BCUT2D eigenvalue weighted by Crippen LogP contribution is -2.34. The van der Waals surface area contributed by atoms with Crippen LogP contribution in [0.4, 0.5) is 0 Å². The van der Waals surface area contributed by atoms with Crippen molar-refractivity contribution >= 4 is 16.9 Å². The molecule has 186 valence electrons. The smallest absolute Gasteiger partial charge is 0.248 e. The summed E-state index contributed by atoms with van der Waals surface area (Å²) in [6, 6.07) is 16.1. The minimum Gasteiger partial charge on any atom is -0.464 e. The van der Waals surface area contributed by atoms with Crippen LogP contribution in [0.25, 0.3) is 11.0 Å². The van der Waals surface area contributed by atoms with Gasteiger partial charge in [-0.1, -0.05) is 62.4 Å². The van der Waals surface area contributed by atoms with Gasteiger partial charge in [-0.3, -0.25) is 4.79 Å². The number of amides is 1. The largest absolute Gasteiger partial charge is 0.464 e. The number of likely N-dealkylation sites (tertiary alicyclic amines) is 1. The van der Waals surface area contributed by atoms with E-state index in [4.69, 9.17) is 10.2 Å². The summed E-state index contributed by atoms with van der Waals surface area (Å²) in [5, 5.41) is 1.33. The predicted octanol–water partition coefficient (Wildman–Crippen LogP) is 7.25. The summed E-state index contributed by atoms with van der Waals surface area (Å²) in [6.45, 7) is 3.84. The van der Waals surface area contributed by atoms with Gasteiger partial charge in [0.25, 0.3) is 0 Å². The van der Waals surface area contributed by atoms with Gasteiger partial charge < -0.3 is 15.1 Å². The highest BCUT2D eigenvalue weighted by molar-refractivity contribution is 5.92. The van der Waals surface area contributed by atoms with Crippen LogP contribution in [0.1, 0.15) is 97.5 Å². The van der Waals surface area contributed by atoms with E-state index in [0.29, 0.717) is 11.5 Å². The van der Waals surface area contributed by atoms with Gasteiger partial charge in [-0.2, -0.15) is 0 Å². The van der Waals surface area contributed by atoms with E-state index in [-0.39, 0.29) is 5.91 Å². The van der Waals surface area contributed by atoms with Crippen molar-refractivity contribution in [2.45, 2.75) is 76.0 Å². The first-order chi connectivity index (χ1) is 17.2. The minimum absolute atomic E-state index is 0.350. The molecule has 3 fully saturated rings. The van der Waals surface area contributed by atoms with Crippen LogP contribution in [0.15, 0.2) is 59.2 Å². The normalized spacial score (nSPS) is 19.9. The predicted molar refractivity (Wildman–Crippen MR) is 143 cm³/mol. The van der Waals surface area contributed by atoms with Crippen LogP contribution in [0, 0.1) is 5.92 Å². The first-order valence-electron chi connectivity index (χ1n) is 13.8. The van der Waals surface area contributed by atoms with Crippen molar-refractivity contribution in [3.8, 4) is 0 Å². The van der Waals surface area contributed by atoms with Crippen LogP contribution < -0.4 is 5.73 Å². The summed E-state index contributed by atoms with van der Waals surface area (Å²) < 4.78 is 5.74. The molecule has 2 aliphatic carbocycles. The average Bonchev–Trinajstić information content (AvgIpc) is 3.68. The molecular formula is C31H40N2O2. The number of primary amides is 1. The lowest BCUT2D eigenvalue weighted by molar-refractivity contribution is 0.100. The summed E-state index contributed by atoms with van der Waals surface area (Å²) in [4.78, 5) is 13.4. The lowest BCUT2D eigenvalue weighted by Gasteiger charge is -2.33. The van der Waals surface area contributed by atoms with E-state index in [9.17, 15) is 4.79 Å². The second-order valence-corrected chi connectivity index (χ2v) is 10.9. The van der Waals surface area contributed by atoms with Crippen molar-refractivity contribution in [3.63, 3.8) is 0 Å². The number of hydrogen-bond acceptors (Lipinski definition) is 3. The fourth-order valence-corrected chi connectivity index (χ4v) is 5.96. The number of nitrogens with zero attached hydrogens (tertiary/aromatic N) is 1. The molecule has 3 aromatic rings. The molecule has 1 aliphatic heterocycles. The monoisotopic (exact) mass is 472 g/mol. The molecule has 2 saturated carbocycles. The molecule has 1 aromatic heterocycles. The van der Waals surface area contributed by atoms with Crippen molar-refractivity contribution in [2.75, 3.05) is 19.6 Å². The number of furan rings is 1. The fraction of sp³-hybridized carbons (Fsp3) is 0.516. The van der Waals surface area contributed by atoms with E-state index in [2.05, 4.69) is 29.2 Å². The standard InChI is InChI=1S/C21H29NO.C10H11NO/c1-2-6-17(7-3-1)10-13-22-14-11-18(12-15-22)20-16-23-21-9-5-4-8-19(20)21;11-10(12)9-5-3-8(4-6-9)7-1-2-7/h4-5,8-9,16-18H,1-3,6-7,10-15H2;3-7H,1-2H2,(H2,11,12). The van der Waals surface area contributed by atoms with Crippen molar-refractivity contribution in [2.24, 2.45) is 11.7 Å². The summed E-state index contributed by atoms with van der Waals surface area (Å²) >= 11 is 0. The number of rotatable bonds is 6. The number of carbonyl (C=O) groups is 1. The number of carbonyl (C=O) groups excluding carboxylic acids is 1. The summed E-state index contributed by atoms with van der Waals surface area (Å²) in [5.74, 6) is 2.09. The van der Waals surface area contributed by atoms with Crippen LogP contribution in [0.5, 0.6) is 0 Å². The van der Waals surface area contributed by atoms with Crippen LogP contribution in [0.2, 0.25) is 0 Å². The molecule has 6 rings (SSSR count). The first kappa shape index (κ1) is 24.1. The number of para-hydroxylation sites is 1. The molecular weight excluding hydrogens is 432 g/mol. The Bertz CT molecular complexity index is 1080. The van der Waals surface area contributed by atoms with Gasteiger partial charge in [0.15, 0.2) is 0 Å². The van der Waals surface area contributed by atoms with Gasteiger partial charge in [-0.25, -0.2) is 0 Å². The van der Waals surface area contributed by atoms with Crippen molar-refractivity contribution in [1.82, 2.24) is 4.90 Å². The molecule has 0 radical (unpaired) electrons. The third kappa shape index (κ3) is 6.35. The molecule has 2 aromatic carbocycles. The van der Waals surface area contributed by atoms with E-state index in [0.717, 1.165) is 17.4 Å². The zero-order chi connectivity index (χ0) is 24.0. The number of fused-ring (bicyclic) bond motifs is 1. The summed E-state index contributed by atoms with van der Waals surface area (Å²) in [5.41, 5.74) is 9.53. The van der Waals surface area contributed by atoms with Crippen LogP contribution in [0.3, 0.4) is 0 Å². The zero-order valence-electron chi connectivity index (χ0n) is 21.0. The highest BCUT2D eigenvalue weighted by Gasteiger charge is 2.24. The van der Waals surface area contributed by atoms with Crippen molar-refractivity contribution in [3.05, 3.63) is 71.5 Å². The van der Waals surface area contributed by atoms with Gasteiger partial charge in [-0.05, 0) is 93.3 Å². The Labute approximate surface area is 209 Å². The highest BCUT2D eigenvalue weighted by Crippen LogP contribution is 2.40. The molecule has 0 atom stereocenters. The Morgan fingerprint density at radius 1 is 0.857 bits per heavy atom. The second kappa shape index (κ2) is 11.4. The topological polar surface area (TPSA) is 59.5 Å². The molecule has 4 nitrogen and oxygen atoms in total. The van der Waals surface area contributed by atoms with Crippen LogP contribution in [-0.4, -0.2) is 30.4 Å². The molecule has 1 amide bonds. The summed E-state index contributed by atoms with van der Waals surface area (Å²) in [7, 11) is 0. The van der Waals surface area contributed by atoms with E-state index >= 15 is 0 Å². The van der Waals surface area contributed by atoms with E-state index in [1.54, 1.807) is 12.1 Å². The van der Waals surface area contributed by atoms with Gasteiger partial charge in [0.1, 0.15) is 5.58 Å². The molecule has 0 unspecified atom stereocenters. The maximum atomic E-state index is 10.7. The van der Waals surface area contributed by atoms with Gasteiger partial charge in [0.05, 0.1) is 6.26 Å². The SMILES string of the molecule is NC(=O)c1ccc(C2CC2)cc1.c1ccc2c(C3CCN(CCC4CCCCC4)CC3)coc2c1. The second-order valence-electron chi connectivity index (χ2n) is 10.9. The quantitative estimate of drug-likeness (QED) is 0.411. The first-order valence-corrected chi connectivity index (χ1v) is 13.8. The zero-order valence-corrected chi connectivity index (χ0v) is 21.0. The Kier molecular flexibility index (Phi) is 7.88. The van der Waals surface area contributed by atoms with E-state index in [1.807, 2.05) is 18.4 Å². The number of piperidine rings is 1. The van der Waals surface area contributed by atoms with Crippen LogP contribution >= 0.6 is 0 Å². The molecule has 4 heteroatoms. The Balaban J connectivity index is 0.000000178. The Morgan fingerprint density at radius 3 is 2.26 bits per heavy atom. The molecule has 0 spiro atoms. The van der Waals surface area contributed by atoms with E-state index in [1.165, 1.54) is 100 Å². The van der Waals surface area contributed by atoms with Crippen LogP contribution in [-0.2, 0) is 0 Å². The number of benzene rings is 2. The van der Waals surface area contributed by atoms with Gasteiger partial charge in [0, 0.05) is 16.5 Å². The maximum absolute atomic E-state index is 10.7. The van der Waals surface area contributed by atoms with Gasteiger partial charge in [0.2, 0.25) is 5.91 Å². The molecule has 2 heterocycles. The van der Waals surface area contributed by atoms with Gasteiger partial charge in [-0.15, -0.1) is 0 Å². The molecule has 1 saturated heterocycles. The summed E-state index contributed by atoms with van der Waals surface area (Å²) in [6.07, 6.45) is 16.0. The Morgan fingerprint density at radius 2 is 1.57 bits per heavy atom. The van der Waals surface area contributed by atoms with Gasteiger partial charge >= 0.3 is 0 Å². The number of hydrogen-bond donors (Lipinski definition) is 1. The molecule has 0 bridgehead atoms. The number of nitrogens with two attached hydrogens (primary N) is 1. The third-order valence-corrected chi connectivity index (χ3v) is 8.36. The highest BCUT2D eigenvalue weighted by atomic mass is 16.3. The van der Waals surface area contributed by atoms with Crippen molar-refractivity contribution < 1.29 is 9.21 Å². The fourth-order valence-electron chi connectivity index (χ4n) is 5.96. The van der Waals surface area contributed by atoms with E-state index < -0.39 is 0 Å². The molecule has 2 N–H and O–H groups in total. The minimum atomic E-state index is -0.350. The average molecular weight is 473 g/mol. The molecule has 35 heavy (non-hydrogen) atoms. The third-order valence-electron chi connectivity index (χ3n) is 8.36. The Hall–Kier alpha value is -2.59. The molecule has 3 aliphatic rings. The van der Waals surface area contributed by atoms with Crippen molar-refractivity contribution in [1.29, 1.82) is 0 Å². The maximum Gasteiger partial charge on any atom is 0.248 e. The lowest BCUT2D eigenvalue weighted by atomic mass is 9.86.